The number of pyridine rings is 1. The molecular weight excluding hydrogens is 180 g/mol. The molecule has 1 rings (SSSR count). The molecule has 0 saturated carbocycles. The Labute approximate surface area is 82.7 Å². The second-order valence-corrected chi connectivity index (χ2v) is 2.91. The van der Waals surface area contributed by atoms with Gasteiger partial charge in [0.1, 0.15) is 0 Å². The van der Waals surface area contributed by atoms with Gasteiger partial charge in [0.05, 0.1) is 6.04 Å². The van der Waals surface area contributed by atoms with E-state index in [-0.39, 0.29) is 5.91 Å². The zero-order valence-corrected chi connectivity index (χ0v) is 8.03. The molecule has 1 heterocycles. The van der Waals surface area contributed by atoms with Crippen molar-refractivity contribution in [3.8, 4) is 0 Å². The number of hydrogen-bond acceptors (Lipinski definition) is 4. The second kappa shape index (κ2) is 5.31. The monoisotopic (exact) mass is 194 g/mol. The summed E-state index contributed by atoms with van der Waals surface area (Å²) in [6, 6.07) is 3.16. The van der Waals surface area contributed by atoms with Gasteiger partial charge in [-0.15, -0.1) is 0 Å². The Morgan fingerprint density at radius 3 is 3.07 bits per heavy atom. The first-order valence-corrected chi connectivity index (χ1v) is 4.35. The van der Waals surface area contributed by atoms with E-state index in [1.54, 1.807) is 19.4 Å². The summed E-state index contributed by atoms with van der Waals surface area (Å²) in [6.07, 6.45) is 3.87. The predicted octanol–water partition coefficient (Wildman–Crippen LogP) is -0.798. The minimum Gasteiger partial charge on any atom is -0.320 e. The molecule has 4 N–H and O–H groups in total. The number of hydrogen-bond donors (Lipinski definition) is 3. The Hall–Kier alpha value is -1.46. The maximum Gasteiger partial charge on any atom is 0.251 e. The number of nitrogens with two attached hydrogens (primary N) is 1. The smallest absolute Gasteiger partial charge is 0.251 e. The minimum atomic E-state index is -0.549. The second-order valence-electron chi connectivity index (χ2n) is 2.91. The lowest BCUT2D eigenvalue weighted by molar-refractivity contribution is -0.123. The Balaban J connectivity index is 2.49. The third-order valence-electron chi connectivity index (χ3n) is 1.76. The molecule has 76 valence electrons. The van der Waals surface area contributed by atoms with E-state index in [0.29, 0.717) is 6.42 Å². The van der Waals surface area contributed by atoms with E-state index in [2.05, 4.69) is 15.8 Å². The fraction of sp³-hybridized carbons (Fsp3) is 0.333. The largest absolute Gasteiger partial charge is 0.320 e. The molecule has 5 nitrogen and oxygen atoms in total. The lowest BCUT2D eigenvalue weighted by Gasteiger charge is -2.10. The quantitative estimate of drug-likeness (QED) is 0.548. The van der Waals surface area contributed by atoms with E-state index in [4.69, 9.17) is 5.73 Å². The van der Waals surface area contributed by atoms with Crippen molar-refractivity contribution >= 4 is 5.91 Å². The van der Waals surface area contributed by atoms with Crippen LogP contribution < -0.4 is 16.6 Å². The molecule has 0 fully saturated rings. The summed E-state index contributed by atoms with van der Waals surface area (Å²) in [5.74, 6) is -0.226. The first-order valence-electron chi connectivity index (χ1n) is 4.35. The van der Waals surface area contributed by atoms with Crippen LogP contribution in [-0.2, 0) is 11.2 Å². The molecular formula is C9H14N4O. The third-order valence-corrected chi connectivity index (χ3v) is 1.76. The molecule has 0 bridgehead atoms. The third kappa shape index (κ3) is 3.12. The van der Waals surface area contributed by atoms with Gasteiger partial charge in [0.15, 0.2) is 0 Å². The van der Waals surface area contributed by atoms with Crippen molar-refractivity contribution in [2.24, 2.45) is 5.73 Å². The number of amides is 1. The molecule has 5 heteroatoms. The van der Waals surface area contributed by atoms with Crippen LogP contribution in [0.3, 0.4) is 0 Å². The highest BCUT2D eigenvalue weighted by molar-refractivity contribution is 5.81. The van der Waals surface area contributed by atoms with Crippen molar-refractivity contribution < 1.29 is 4.79 Å². The highest BCUT2D eigenvalue weighted by Crippen LogP contribution is 1.99. The summed E-state index contributed by atoms with van der Waals surface area (Å²) in [5, 5.41) is 0. The fourth-order valence-corrected chi connectivity index (χ4v) is 1.08. The summed E-state index contributed by atoms with van der Waals surface area (Å²) in [4.78, 5) is 15.2. The number of rotatable bonds is 4. The Morgan fingerprint density at radius 2 is 2.50 bits per heavy atom. The lowest BCUT2D eigenvalue weighted by Crippen LogP contribution is -2.46. The van der Waals surface area contributed by atoms with Crippen LogP contribution in [0.4, 0.5) is 0 Å². The molecule has 0 saturated heterocycles. The summed E-state index contributed by atoms with van der Waals surface area (Å²) < 4.78 is 0. The minimum absolute atomic E-state index is 0.226. The Kier molecular flexibility index (Phi) is 4.03. The molecule has 1 unspecified atom stereocenters. The summed E-state index contributed by atoms with van der Waals surface area (Å²) in [6.45, 7) is 0. The zero-order chi connectivity index (χ0) is 10.4. The average Bonchev–Trinajstić information content (AvgIpc) is 2.19. The fourth-order valence-electron chi connectivity index (χ4n) is 1.08. The molecule has 1 amide bonds. The van der Waals surface area contributed by atoms with Gasteiger partial charge in [-0.2, -0.15) is 0 Å². The summed E-state index contributed by atoms with van der Waals surface area (Å²) in [7, 11) is 1.62. The first kappa shape index (κ1) is 10.6. The maximum atomic E-state index is 11.2. The van der Waals surface area contributed by atoms with E-state index in [1.165, 1.54) is 0 Å². The molecule has 14 heavy (non-hydrogen) atoms. The molecule has 1 aromatic rings. The highest BCUT2D eigenvalue weighted by atomic mass is 16.2. The van der Waals surface area contributed by atoms with Gasteiger partial charge in [-0.05, 0) is 18.1 Å². The van der Waals surface area contributed by atoms with Crippen LogP contribution in [0.1, 0.15) is 5.56 Å². The van der Waals surface area contributed by atoms with Crippen molar-refractivity contribution in [2.75, 3.05) is 7.05 Å². The van der Waals surface area contributed by atoms with E-state index < -0.39 is 6.04 Å². The van der Waals surface area contributed by atoms with Crippen molar-refractivity contribution in [3.05, 3.63) is 30.1 Å². The van der Waals surface area contributed by atoms with Gasteiger partial charge in [-0.25, -0.2) is 5.43 Å². The molecule has 0 aliphatic carbocycles. The standard InChI is InChI=1S/C9H14N4O/c1-11-13-9(14)8(10)5-7-3-2-4-12-6-7/h2-4,6,8,11H,5,10H2,1H3,(H,13,14). The lowest BCUT2D eigenvalue weighted by atomic mass is 10.1. The van der Waals surface area contributed by atoms with Gasteiger partial charge >= 0.3 is 0 Å². The van der Waals surface area contributed by atoms with Crippen LogP contribution in [-0.4, -0.2) is 24.0 Å². The predicted molar refractivity (Wildman–Crippen MR) is 53.1 cm³/mol. The van der Waals surface area contributed by atoms with Crippen LogP contribution in [0, 0.1) is 0 Å². The number of carbonyl (C=O) groups excluding carboxylic acids is 1. The molecule has 0 aliphatic heterocycles. The van der Waals surface area contributed by atoms with Gasteiger partial charge in [0.25, 0.3) is 5.91 Å². The Bertz CT molecular complexity index is 288. The van der Waals surface area contributed by atoms with Crippen LogP contribution in [0.15, 0.2) is 24.5 Å². The summed E-state index contributed by atoms with van der Waals surface area (Å²) >= 11 is 0. The number of hydrazine groups is 1. The molecule has 0 aliphatic rings. The van der Waals surface area contributed by atoms with E-state index in [0.717, 1.165) is 5.56 Å². The normalized spacial score (nSPS) is 12.1. The van der Waals surface area contributed by atoms with Crippen molar-refractivity contribution in [2.45, 2.75) is 12.5 Å². The maximum absolute atomic E-state index is 11.2. The number of nitrogens with one attached hydrogen (secondary N) is 2. The van der Waals surface area contributed by atoms with Crippen LogP contribution in [0.2, 0.25) is 0 Å². The first-order chi connectivity index (χ1) is 6.74. The molecule has 0 radical (unpaired) electrons. The molecule has 1 aromatic heterocycles. The molecule has 0 spiro atoms. The van der Waals surface area contributed by atoms with Gasteiger partial charge in [-0.1, -0.05) is 6.07 Å². The van der Waals surface area contributed by atoms with Crippen LogP contribution in [0.5, 0.6) is 0 Å². The number of carbonyl (C=O) groups is 1. The van der Waals surface area contributed by atoms with Crippen LogP contribution in [0.25, 0.3) is 0 Å². The zero-order valence-electron chi connectivity index (χ0n) is 8.03. The average molecular weight is 194 g/mol. The number of aromatic nitrogens is 1. The number of nitrogens with zero attached hydrogens (tertiary/aromatic N) is 1. The van der Waals surface area contributed by atoms with E-state index in [9.17, 15) is 4.79 Å². The summed E-state index contributed by atoms with van der Waals surface area (Å²) in [5.41, 5.74) is 11.6. The SMILES string of the molecule is CNNC(=O)C(N)Cc1cccnc1. The van der Waals surface area contributed by atoms with E-state index >= 15 is 0 Å². The van der Waals surface area contributed by atoms with Gasteiger partial charge in [0, 0.05) is 19.4 Å². The molecule has 0 aromatic carbocycles. The molecule has 1 atom stereocenters. The van der Waals surface area contributed by atoms with Crippen LogP contribution >= 0.6 is 0 Å². The topological polar surface area (TPSA) is 80.0 Å². The van der Waals surface area contributed by atoms with Gasteiger partial charge < -0.3 is 5.73 Å². The van der Waals surface area contributed by atoms with Gasteiger partial charge in [0.2, 0.25) is 0 Å². The highest BCUT2D eigenvalue weighted by Gasteiger charge is 2.12. The van der Waals surface area contributed by atoms with Gasteiger partial charge in [-0.3, -0.25) is 15.2 Å². The van der Waals surface area contributed by atoms with Crippen molar-refractivity contribution in [3.63, 3.8) is 0 Å². The van der Waals surface area contributed by atoms with Crippen molar-refractivity contribution in [1.29, 1.82) is 0 Å². The Morgan fingerprint density at radius 1 is 1.71 bits per heavy atom. The van der Waals surface area contributed by atoms with Crippen molar-refractivity contribution in [1.82, 2.24) is 15.8 Å². The van der Waals surface area contributed by atoms with E-state index in [1.807, 2.05) is 12.1 Å².